The van der Waals surface area contributed by atoms with Gasteiger partial charge in [-0.05, 0) is 24.3 Å². The zero-order chi connectivity index (χ0) is 19.6. The second-order valence-corrected chi connectivity index (χ2v) is 12.5. The first-order valence-electron chi connectivity index (χ1n) is 8.70. The van der Waals surface area contributed by atoms with E-state index in [1.54, 1.807) is 23.2 Å². The van der Waals surface area contributed by atoms with Crippen LogP contribution in [0, 0.1) is 11.8 Å². The summed E-state index contributed by atoms with van der Waals surface area (Å²) < 4.78 is 6.50. The van der Waals surface area contributed by atoms with Crippen LogP contribution in [0.2, 0.25) is 5.15 Å². The molecule has 0 aliphatic rings. The number of nitrogens with zero attached hydrogens (tertiary/aromatic N) is 5. The maximum absolute atomic E-state index is 6.03. The Morgan fingerprint density at radius 3 is 2.70 bits per heavy atom. The quantitative estimate of drug-likeness (QED) is 0.185. The highest BCUT2D eigenvalue weighted by molar-refractivity contribution is 14.2. The van der Waals surface area contributed by atoms with Crippen molar-refractivity contribution in [3.63, 3.8) is 0 Å². The maximum atomic E-state index is 6.03. The maximum Gasteiger partial charge on any atom is 0.251 e. The van der Waals surface area contributed by atoms with Crippen molar-refractivity contribution in [3.8, 4) is 17.2 Å². The van der Waals surface area contributed by atoms with E-state index < -0.39 is 0 Å². The van der Waals surface area contributed by atoms with Crippen LogP contribution in [0.5, 0.6) is 0 Å². The van der Waals surface area contributed by atoms with Crippen LogP contribution in [0.3, 0.4) is 0 Å². The lowest BCUT2D eigenvalue weighted by atomic mass is 9.91. The molecule has 0 radical (unpaired) electrons. The van der Waals surface area contributed by atoms with Crippen LogP contribution in [-0.2, 0) is 1.43 Å². The number of aromatic nitrogens is 5. The molecule has 3 aromatic heterocycles. The molecular weight excluding hydrogens is 591 g/mol. The average Bonchev–Trinajstić information content (AvgIpc) is 3.31. The zero-order valence-electron chi connectivity index (χ0n) is 15.2. The van der Waals surface area contributed by atoms with Gasteiger partial charge in [0.05, 0.1) is 5.69 Å². The largest absolute Gasteiger partial charge is 0.364 e. The molecule has 0 aliphatic carbocycles. The number of hydrogen-bond acceptors (Lipinski definition) is 5. The minimum absolute atomic E-state index is 0.225. The van der Waals surface area contributed by atoms with Crippen molar-refractivity contribution in [3.05, 3.63) is 41.6 Å². The lowest BCUT2D eigenvalue weighted by Gasteiger charge is -2.29. The normalized spacial score (nSPS) is 14.3. The fraction of sp³-hybridized carbons (Fsp3) is 0.444. The van der Waals surface area contributed by atoms with Crippen molar-refractivity contribution in [2.75, 3.05) is 0 Å². The summed E-state index contributed by atoms with van der Waals surface area (Å²) >= 11 is 11.0. The molecule has 0 bridgehead atoms. The topological polar surface area (TPSA) is 69.6 Å². The molecule has 0 aliphatic heterocycles. The van der Waals surface area contributed by atoms with Crippen molar-refractivity contribution in [2.24, 2.45) is 11.8 Å². The summed E-state index contributed by atoms with van der Waals surface area (Å²) in [7, 11) is 0. The lowest BCUT2D eigenvalue weighted by molar-refractivity contribution is 0.396. The Morgan fingerprint density at radius 1 is 1.30 bits per heavy atom. The molecule has 144 valence electrons. The fourth-order valence-electron chi connectivity index (χ4n) is 2.85. The van der Waals surface area contributed by atoms with E-state index in [9.17, 15) is 0 Å². The molecule has 0 fully saturated rings. The highest BCUT2D eigenvalue weighted by atomic mass is 127. The molecule has 0 spiro atoms. The van der Waals surface area contributed by atoms with Crippen LogP contribution in [-0.4, -0.2) is 24.9 Å². The Hall–Kier alpha value is -0.750. The van der Waals surface area contributed by atoms with Gasteiger partial charge in [0.25, 0.3) is 5.95 Å². The third-order valence-electron chi connectivity index (χ3n) is 4.63. The highest BCUT2D eigenvalue weighted by Gasteiger charge is 2.38. The van der Waals surface area contributed by atoms with Crippen molar-refractivity contribution < 1.29 is 4.52 Å². The van der Waals surface area contributed by atoms with Gasteiger partial charge in [-0.25, -0.2) is 9.67 Å². The van der Waals surface area contributed by atoms with Crippen LogP contribution in [0.15, 0.2) is 35.3 Å². The van der Waals surface area contributed by atoms with Gasteiger partial charge in [-0.2, -0.15) is 10.1 Å². The van der Waals surface area contributed by atoms with Crippen molar-refractivity contribution in [2.45, 2.75) is 35.0 Å². The second-order valence-electron chi connectivity index (χ2n) is 6.67. The molecule has 0 saturated heterocycles. The third-order valence-corrected chi connectivity index (χ3v) is 7.99. The highest BCUT2D eigenvalue weighted by Crippen LogP contribution is 2.50. The van der Waals surface area contributed by atoms with Crippen LogP contribution in [0.4, 0.5) is 0 Å². The molecule has 3 heterocycles. The standard InChI is InChI=1S/C18H20ClI2N5O/c1-4-11(2)9-12(3)18(20,21)16-13(14-6-8-27-25-14)10-26(24-16)17-22-7-5-15(19)23-17/h5-8,10-12H,4,9H2,1-3H3. The van der Waals surface area contributed by atoms with E-state index in [0.29, 0.717) is 22.9 Å². The first-order chi connectivity index (χ1) is 12.8. The number of hydrogen-bond donors (Lipinski definition) is 0. The monoisotopic (exact) mass is 611 g/mol. The minimum atomic E-state index is -0.225. The fourth-order valence-corrected chi connectivity index (χ4v) is 4.29. The number of rotatable bonds is 7. The molecule has 3 aromatic rings. The average molecular weight is 612 g/mol. The van der Waals surface area contributed by atoms with Crippen molar-refractivity contribution in [1.82, 2.24) is 24.9 Å². The van der Waals surface area contributed by atoms with Crippen LogP contribution in [0.1, 0.15) is 39.3 Å². The summed E-state index contributed by atoms with van der Waals surface area (Å²) in [6.07, 6.45) is 7.35. The Morgan fingerprint density at radius 2 is 2.07 bits per heavy atom. The molecule has 6 nitrogen and oxygen atoms in total. The number of halogens is 3. The molecule has 0 amide bonds. The molecular formula is C18H20ClI2N5O. The predicted octanol–water partition coefficient (Wildman–Crippen LogP) is 6.07. The first kappa shape index (κ1) is 21.0. The zero-order valence-corrected chi connectivity index (χ0v) is 20.3. The van der Waals surface area contributed by atoms with Gasteiger partial charge in [-0.3, -0.25) is 0 Å². The molecule has 9 heteroatoms. The third kappa shape index (κ3) is 4.64. The van der Waals surface area contributed by atoms with Crippen LogP contribution in [0.25, 0.3) is 17.2 Å². The molecule has 3 rings (SSSR count). The van der Waals surface area contributed by atoms with Crippen LogP contribution < -0.4 is 0 Å². The van der Waals surface area contributed by atoms with E-state index in [0.717, 1.165) is 29.8 Å². The summed E-state index contributed by atoms with van der Waals surface area (Å²) in [5, 5.41) is 9.33. The van der Waals surface area contributed by atoms with E-state index in [1.807, 2.05) is 12.3 Å². The summed E-state index contributed by atoms with van der Waals surface area (Å²) in [6, 6.07) is 3.48. The van der Waals surface area contributed by atoms with Gasteiger partial charge in [-0.15, -0.1) is 0 Å². The van der Waals surface area contributed by atoms with E-state index in [-0.39, 0.29) is 1.43 Å². The van der Waals surface area contributed by atoms with Gasteiger partial charge in [-0.1, -0.05) is 89.1 Å². The summed E-state index contributed by atoms with van der Waals surface area (Å²) in [6.45, 7) is 6.79. The van der Waals surface area contributed by atoms with Gasteiger partial charge >= 0.3 is 0 Å². The molecule has 2 unspecified atom stereocenters. The Balaban J connectivity index is 2.07. The number of alkyl halides is 2. The summed E-state index contributed by atoms with van der Waals surface area (Å²) in [4.78, 5) is 8.56. The minimum Gasteiger partial charge on any atom is -0.364 e. The van der Waals surface area contributed by atoms with E-state index >= 15 is 0 Å². The molecule has 2 atom stereocenters. The van der Waals surface area contributed by atoms with Gasteiger partial charge in [0.1, 0.15) is 18.5 Å². The summed E-state index contributed by atoms with van der Waals surface area (Å²) in [5.41, 5.74) is 2.58. The van der Waals surface area contributed by atoms with Crippen molar-refractivity contribution >= 4 is 56.8 Å². The first-order valence-corrected chi connectivity index (χ1v) is 11.2. The SMILES string of the molecule is CCC(C)CC(C)C(I)(I)c1nn(-c2nccc(Cl)n2)cc1-c1ccon1. The van der Waals surface area contributed by atoms with E-state index in [2.05, 4.69) is 81.1 Å². The second kappa shape index (κ2) is 8.73. The van der Waals surface area contributed by atoms with E-state index in [4.69, 9.17) is 21.2 Å². The summed E-state index contributed by atoms with van der Waals surface area (Å²) in [5.74, 6) is 1.48. The predicted molar refractivity (Wildman–Crippen MR) is 123 cm³/mol. The Kier molecular flexibility index (Phi) is 6.78. The van der Waals surface area contributed by atoms with Gasteiger partial charge < -0.3 is 4.52 Å². The van der Waals surface area contributed by atoms with Crippen LogP contribution >= 0.6 is 56.8 Å². The Labute approximate surface area is 190 Å². The van der Waals surface area contributed by atoms with E-state index in [1.165, 1.54) is 0 Å². The van der Waals surface area contributed by atoms with Gasteiger partial charge in [0, 0.05) is 24.0 Å². The smallest absolute Gasteiger partial charge is 0.251 e. The van der Waals surface area contributed by atoms with Gasteiger partial charge in [0.2, 0.25) is 0 Å². The molecule has 0 aromatic carbocycles. The Bertz CT molecular complexity index is 897. The molecule has 27 heavy (non-hydrogen) atoms. The molecule has 0 saturated carbocycles. The lowest BCUT2D eigenvalue weighted by Crippen LogP contribution is -2.23. The van der Waals surface area contributed by atoms with Crippen molar-refractivity contribution in [1.29, 1.82) is 0 Å². The van der Waals surface area contributed by atoms with Gasteiger partial charge in [0.15, 0.2) is 0 Å². The molecule has 0 N–H and O–H groups in total.